The number of aryl methyl sites for hydroxylation is 2. The third-order valence-corrected chi connectivity index (χ3v) is 4.95. The Hall–Kier alpha value is -1.91. The molecular weight excluding hydrogens is 290 g/mol. The summed E-state index contributed by atoms with van der Waals surface area (Å²) in [6.45, 7) is 6.12. The maximum Gasteiger partial charge on any atom is 0.256 e. The fourth-order valence-electron chi connectivity index (χ4n) is 3.68. The first kappa shape index (κ1) is 16.0. The second kappa shape index (κ2) is 6.69. The normalized spacial score (nSPS) is 21.8. The van der Waals surface area contributed by atoms with Crippen LogP contribution in [0.5, 0.6) is 0 Å². The number of amides is 2. The molecule has 3 heterocycles. The molecule has 2 amide bonds. The first-order chi connectivity index (χ1) is 11.1. The van der Waals surface area contributed by atoms with Gasteiger partial charge in [-0.2, -0.15) is 0 Å². The van der Waals surface area contributed by atoms with Crippen LogP contribution in [-0.4, -0.2) is 52.3 Å². The molecule has 1 unspecified atom stereocenters. The number of piperidine rings is 1. The van der Waals surface area contributed by atoms with Gasteiger partial charge in [0, 0.05) is 37.8 Å². The van der Waals surface area contributed by atoms with Gasteiger partial charge in [-0.25, -0.2) is 0 Å². The van der Waals surface area contributed by atoms with Crippen LogP contribution in [0.15, 0.2) is 12.1 Å². The molecule has 2 fully saturated rings. The molecule has 23 heavy (non-hydrogen) atoms. The van der Waals surface area contributed by atoms with Crippen molar-refractivity contribution < 1.29 is 9.59 Å². The van der Waals surface area contributed by atoms with Gasteiger partial charge in [-0.15, -0.1) is 0 Å². The van der Waals surface area contributed by atoms with Crippen LogP contribution < -0.4 is 0 Å². The molecule has 2 aliphatic rings. The molecule has 5 heteroatoms. The summed E-state index contributed by atoms with van der Waals surface area (Å²) >= 11 is 0. The first-order valence-electron chi connectivity index (χ1n) is 8.59. The summed E-state index contributed by atoms with van der Waals surface area (Å²) in [6.07, 6.45) is 4.74. The lowest BCUT2D eigenvalue weighted by Crippen LogP contribution is -2.49. The zero-order valence-corrected chi connectivity index (χ0v) is 14.0. The molecule has 0 aromatic carbocycles. The lowest BCUT2D eigenvalue weighted by molar-refractivity contribution is -0.128. The zero-order valence-electron chi connectivity index (χ0n) is 14.0. The molecule has 0 radical (unpaired) electrons. The van der Waals surface area contributed by atoms with E-state index in [4.69, 9.17) is 0 Å². The number of hydrogen-bond donors (Lipinski definition) is 0. The number of nitrogens with zero attached hydrogens (tertiary/aromatic N) is 3. The van der Waals surface area contributed by atoms with Gasteiger partial charge < -0.3 is 9.80 Å². The van der Waals surface area contributed by atoms with Crippen molar-refractivity contribution in [2.45, 2.75) is 52.0 Å². The Kier molecular flexibility index (Phi) is 4.64. The number of carbonyl (C=O) groups is 2. The van der Waals surface area contributed by atoms with Crippen LogP contribution in [-0.2, 0) is 4.79 Å². The summed E-state index contributed by atoms with van der Waals surface area (Å²) in [4.78, 5) is 33.2. The van der Waals surface area contributed by atoms with Crippen molar-refractivity contribution >= 4 is 11.8 Å². The van der Waals surface area contributed by atoms with Gasteiger partial charge in [-0.1, -0.05) is 0 Å². The van der Waals surface area contributed by atoms with E-state index in [1.54, 1.807) is 0 Å². The summed E-state index contributed by atoms with van der Waals surface area (Å²) < 4.78 is 0. The molecule has 1 atom stereocenters. The molecule has 0 saturated carbocycles. The minimum Gasteiger partial charge on any atom is -0.341 e. The number of rotatable bonds is 3. The Morgan fingerprint density at radius 3 is 2.74 bits per heavy atom. The van der Waals surface area contributed by atoms with Gasteiger partial charge in [0.15, 0.2) is 0 Å². The van der Waals surface area contributed by atoms with E-state index in [1.807, 2.05) is 35.8 Å². The molecule has 0 spiro atoms. The standard InChI is InChI=1S/C18H25N3O2/c1-13-8-9-16(14(2)19-13)18(23)21-11-4-3-6-15(21)12-20-10-5-7-17(20)22/h8-9,15H,3-7,10-12H2,1-2H3. The van der Waals surface area contributed by atoms with Crippen LogP contribution >= 0.6 is 0 Å². The third-order valence-electron chi connectivity index (χ3n) is 4.95. The zero-order chi connectivity index (χ0) is 16.4. The highest BCUT2D eigenvalue weighted by Crippen LogP contribution is 2.23. The second-order valence-corrected chi connectivity index (χ2v) is 6.68. The van der Waals surface area contributed by atoms with Gasteiger partial charge >= 0.3 is 0 Å². The number of likely N-dealkylation sites (tertiary alicyclic amines) is 2. The molecule has 1 aromatic heterocycles. The lowest BCUT2D eigenvalue weighted by atomic mass is 10.00. The highest BCUT2D eigenvalue weighted by Gasteiger charge is 2.32. The monoisotopic (exact) mass is 315 g/mol. The summed E-state index contributed by atoms with van der Waals surface area (Å²) in [5.41, 5.74) is 2.41. The fourth-order valence-corrected chi connectivity index (χ4v) is 3.68. The van der Waals surface area contributed by atoms with E-state index >= 15 is 0 Å². The topological polar surface area (TPSA) is 53.5 Å². The van der Waals surface area contributed by atoms with Crippen molar-refractivity contribution in [2.75, 3.05) is 19.6 Å². The SMILES string of the molecule is Cc1ccc(C(=O)N2CCCCC2CN2CCCC2=O)c(C)n1. The first-order valence-corrected chi connectivity index (χ1v) is 8.59. The Bertz CT molecular complexity index is 614. The maximum absolute atomic E-state index is 13.0. The van der Waals surface area contributed by atoms with E-state index in [2.05, 4.69) is 4.98 Å². The maximum atomic E-state index is 13.0. The van der Waals surface area contributed by atoms with Gasteiger partial charge in [-0.3, -0.25) is 14.6 Å². The van der Waals surface area contributed by atoms with Crippen LogP contribution in [0.1, 0.15) is 53.8 Å². The largest absolute Gasteiger partial charge is 0.341 e. The predicted molar refractivity (Wildman–Crippen MR) is 88.2 cm³/mol. The highest BCUT2D eigenvalue weighted by molar-refractivity contribution is 5.95. The number of aromatic nitrogens is 1. The molecule has 0 aliphatic carbocycles. The van der Waals surface area contributed by atoms with Crippen molar-refractivity contribution in [2.24, 2.45) is 0 Å². The highest BCUT2D eigenvalue weighted by atomic mass is 16.2. The minimum absolute atomic E-state index is 0.0614. The van der Waals surface area contributed by atoms with Crippen molar-refractivity contribution in [3.63, 3.8) is 0 Å². The van der Waals surface area contributed by atoms with Gasteiger partial charge in [0.25, 0.3) is 5.91 Å². The summed E-state index contributed by atoms with van der Waals surface area (Å²) in [6, 6.07) is 3.91. The van der Waals surface area contributed by atoms with Crippen LogP contribution in [0.25, 0.3) is 0 Å². The van der Waals surface area contributed by atoms with Crippen LogP contribution in [0, 0.1) is 13.8 Å². The van der Waals surface area contributed by atoms with Crippen LogP contribution in [0.4, 0.5) is 0 Å². The number of pyridine rings is 1. The predicted octanol–water partition coefficient (Wildman–Crippen LogP) is 2.32. The molecule has 1 aromatic rings. The molecule has 5 nitrogen and oxygen atoms in total. The molecule has 3 rings (SSSR count). The average molecular weight is 315 g/mol. The summed E-state index contributed by atoms with van der Waals surface area (Å²) in [7, 11) is 0. The van der Waals surface area contributed by atoms with E-state index < -0.39 is 0 Å². The number of carbonyl (C=O) groups excluding carboxylic acids is 2. The lowest BCUT2D eigenvalue weighted by Gasteiger charge is -2.38. The van der Waals surface area contributed by atoms with Crippen molar-refractivity contribution in [1.29, 1.82) is 0 Å². The molecule has 124 valence electrons. The fraction of sp³-hybridized carbons (Fsp3) is 0.611. The molecule has 0 N–H and O–H groups in total. The van der Waals surface area contributed by atoms with Crippen LogP contribution in [0.3, 0.4) is 0 Å². The quantitative estimate of drug-likeness (QED) is 0.860. The van der Waals surface area contributed by atoms with E-state index in [0.717, 1.165) is 50.2 Å². The molecule has 0 bridgehead atoms. The molecule has 2 saturated heterocycles. The van der Waals surface area contributed by atoms with Crippen molar-refractivity contribution in [3.8, 4) is 0 Å². The molecule has 2 aliphatic heterocycles. The van der Waals surface area contributed by atoms with Crippen molar-refractivity contribution in [1.82, 2.24) is 14.8 Å². The molecular formula is C18H25N3O2. The van der Waals surface area contributed by atoms with Gasteiger partial charge in [0.1, 0.15) is 0 Å². The second-order valence-electron chi connectivity index (χ2n) is 6.68. The van der Waals surface area contributed by atoms with Gasteiger partial charge in [0.2, 0.25) is 5.91 Å². The van der Waals surface area contributed by atoms with E-state index in [0.29, 0.717) is 18.5 Å². The Balaban J connectivity index is 1.77. The van der Waals surface area contributed by atoms with Crippen LogP contribution in [0.2, 0.25) is 0 Å². The summed E-state index contributed by atoms with van der Waals surface area (Å²) in [5, 5.41) is 0. The van der Waals surface area contributed by atoms with Gasteiger partial charge in [0.05, 0.1) is 11.3 Å². The van der Waals surface area contributed by atoms with E-state index in [9.17, 15) is 9.59 Å². The van der Waals surface area contributed by atoms with E-state index in [1.165, 1.54) is 0 Å². The Labute approximate surface area is 137 Å². The van der Waals surface area contributed by atoms with Crippen molar-refractivity contribution in [3.05, 3.63) is 29.1 Å². The Morgan fingerprint density at radius 2 is 2.04 bits per heavy atom. The smallest absolute Gasteiger partial charge is 0.256 e. The minimum atomic E-state index is 0.0614. The van der Waals surface area contributed by atoms with E-state index in [-0.39, 0.29) is 17.9 Å². The average Bonchev–Trinajstić information content (AvgIpc) is 2.92. The number of hydrogen-bond acceptors (Lipinski definition) is 3. The third kappa shape index (κ3) is 3.38. The Morgan fingerprint density at radius 1 is 1.22 bits per heavy atom. The van der Waals surface area contributed by atoms with Gasteiger partial charge in [-0.05, 0) is 51.7 Å². The summed E-state index contributed by atoms with van der Waals surface area (Å²) in [5.74, 6) is 0.294.